The molecule has 1 aliphatic heterocycles. The van der Waals surface area contributed by atoms with Crippen LogP contribution in [-0.2, 0) is 14.3 Å². The molecule has 7 atom stereocenters. The maximum absolute atomic E-state index is 12.8. The van der Waals surface area contributed by atoms with Gasteiger partial charge in [-0.05, 0) is 44.9 Å². The van der Waals surface area contributed by atoms with Crippen molar-refractivity contribution in [2.45, 2.75) is 172 Å². The lowest BCUT2D eigenvalue weighted by atomic mass is 9.99. The molecule has 1 saturated heterocycles. The fraction of sp³-hybridized carbons (Fsp3) is 0.725. The first kappa shape index (κ1) is 44.9. The van der Waals surface area contributed by atoms with E-state index in [1.165, 1.54) is 57.8 Å². The Morgan fingerprint density at radius 1 is 0.714 bits per heavy atom. The van der Waals surface area contributed by atoms with E-state index in [4.69, 9.17) is 9.47 Å². The Balaban J connectivity index is 2.54. The highest BCUT2D eigenvalue weighted by atomic mass is 16.7. The van der Waals surface area contributed by atoms with E-state index in [2.05, 4.69) is 55.6 Å². The summed E-state index contributed by atoms with van der Waals surface area (Å²) in [6.07, 6.45) is 31.3. The van der Waals surface area contributed by atoms with E-state index in [0.29, 0.717) is 6.42 Å². The van der Waals surface area contributed by atoms with Crippen molar-refractivity contribution in [1.29, 1.82) is 0 Å². The van der Waals surface area contributed by atoms with Crippen molar-refractivity contribution in [1.82, 2.24) is 5.32 Å². The third-order valence-electron chi connectivity index (χ3n) is 8.61. The highest BCUT2D eigenvalue weighted by Crippen LogP contribution is 2.22. The number of allylic oxidation sites excluding steroid dienone is 9. The maximum atomic E-state index is 12.8. The summed E-state index contributed by atoms with van der Waals surface area (Å²) in [7, 11) is 0. The minimum atomic E-state index is -1.58. The largest absolute Gasteiger partial charge is 0.394 e. The molecule has 0 radical (unpaired) electrons. The number of rotatable bonds is 29. The van der Waals surface area contributed by atoms with Crippen molar-refractivity contribution >= 4 is 5.91 Å². The summed E-state index contributed by atoms with van der Waals surface area (Å²) in [5, 5.41) is 53.8. The molecule has 49 heavy (non-hydrogen) atoms. The highest BCUT2D eigenvalue weighted by molar-refractivity contribution is 5.76. The molecule has 1 heterocycles. The molecule has 6 N–H and O–H groups in total. The van der Waals surface area contributed by atoms with Crippen LogP contribution in [0.2, 0.25) is 0 Å². The number of ether oxygens (including phenoxy) is 2. The van der Waals surface area contributed by atoms with Crippen molar-refractivity contribution in [2.24, 2.45) is 0 Å². The predicted octanol–water partition coefficient (Wildman–Crippen LogP) is 6.49. The molecule has 9 nitrogen and oxygen atoms in total. The second-order valence-electron chi connectivity index (χ2n) is 13.0. The van der Waals surface area contributed by atoms with Crippen molar-refractivity contribution in [3.05, 3.63) is 60.8 Å². The predicted molar refractivity (Wildman–Crippen MR) is 198 cm³/mol. The number of carbonyl (C=O) groups excluding carboxylic acids is 1. The summed E-state index contributed by atoms with van der Waals surface area (Å²) < 4.78 is 11.1. The molecule has 0 saturated carbocycles. The number of unbranched alkanes of at least 4 members (excludes halogenated alkanes) is 11. The molecule has 0 aromatic rings. The zero-order chi connectivity index (χ0) is 36.0. The van der Waals surface area contributed by atoms with Gasteiger partial charge in [-0.15, -0.1) is 0 Å². The fourth-order valence-electron chi connectivity index (χ4n) is 5.52. The number of hydrogen-bond acceptors (Lipinski definition) is 8. The number of aliphatic hydroxyl groups is 5. The van der Waals surface area contributed by atoms with Gasteiger partial charge in [-0.2, -0.15) is 0 Å². The summed E-state index contributed by atoms with van der Waals surface area (Å²) in [5.74, 6) is -0.261. The van der Waals surface area contributed by atoms with Crippen molar-refractivity contribution < 1.29 is 39.8 Å². The van der Waals surface area contributed by atoms with Gasteiger partial charge in [-0.25, -0.2) is 0 Å². The van der Waals surface area contributed by atoms with Crippen molar-refractivity contribution in [3.63, 3.8) is 0 Å². The van der Waals surface area contributed by atoms with E-state index in [1.54, 1.807) is 6.08 Å². The molecule has 9 heteroatoms. The van der Waals surface area contributed by atoms with Crippen LogP contribution in [0, 0.1) is 0 Å². The number of carbonyl (C=O) groups is 1. The molecule has 0 spiro atoms. The SMILES string of the molecule is CC/C=C\C/C=C\C/C=C\C/C=C\CCC(=O)NC(COC1OC(CO)C(O)C(O)C1O)C(O)/C=C/CCCCCCCCCCCCC. The molecule has 1 aliphatic rings. The Labute approximate surface area is 296 Å². The molecule has 7 unspecified atom stereocenters. The average molecular weight is 692 g/mol. The second kappa shape index (κ2) is 30.7. The molecule has 0 aliphatic carbocycles. The van der Waals surface area contributed by atoms with E-state index in [9.17, 15) is 30.3 Å². The summed E-state index contributed by atoms with van der Waals surface area (Å²) in [6.45, 7) is 3.57. The molecule has 1 amide bonds. The number of amides is 1. The highest BCUT2D eigenvalue weighted by Gasteiger charge is 2.44. The molecular formula is C40H69NO8. The molecule has 0 aromatic heterocycles. The van der Waals surface area contributed by atoms with Gasteiger partial charge in [0.05, 0.1) is 25.4 Å². The zero-order valence-corrected chi connectivity index (χ0v) is 30.4. The van der Waals surface area contributed by atoms with Gasteiger partial charge >= 0.3 is 0 Å². The smallest absolute Gasteiger partial charge is 0.220 e. The van der Waals surface area contributed by atoms with Gasteiger partial charge in [0, 0.05) is 6.42 Å². The second-order valence-corrected chi connectivity index (χ2v) is 13.0. The quantitative estimate of drug-likeness (QED) is 0.0385. The van der Waals surface area contributed by atoms with Crippen LogP contribution in [0.15, 0.2) is 60.8 Å². The van der Waals surface area contributed by atoms with Crippen LogP contribution >= 0.6 is 0 Å². The molecule has 0 bridgehead atoms. The van der Waals surface area contributed by atoms with Crippen LogP contribution in [0.3, 0.4) is 0 Å². The third-order valence-corrected chi connectivity index (χ3v) is 8.61. The third kappa shape index (κ3) is 22.4. The van der Waals surface area contributed by atoms with E-state index < -0.39 is 49.5 Å². The minimum absolute atomic E-state index is 0.220. The van der Waals surface area contributed by atoms with Gasteiger partial charge in [0.2, 0.25) is 5.91 Å². The van der Waals surface area contributed by atoms with Gasteiger partial charge in [-0.1, -0.05) is 139 Å². The van der Waals surface area contributed by atoms with Crippen LogP contribution in [-0.4, -0.2) is 87.5 Å². The summed E-state index contributed by atoms with van der Waals surface area (Å²) in [4.78, 5) is 12.8. The normalized spacial score (nSPS) is 23.1. The van der Waals surface area contributed by atoms with E-state index in [-0.39, 0.29) is 18.9 Å². The maximum Gasteiger partial charge on any atom is 0.220 e. The van der Waals surface area contributed by atoms with Gasteiger partial charge in [0.1, 0.15) is 24.4 Å². The zero-order valence-electron chi connectivity index (χ0n) is 30.4. The van der Waals surface area contributed by atoms with E-state index in [1.807, 2.05) is 18.2 Å². The molecule has 0 aromatic carbocycles. The number of hydrogen-bond donors (Lipinski definition) is 6. The Morgan fingerprint density at radius 2 is 1.27 bits per heavy atom. The van der Waals surface area contributed by atoms with E-state index >= 15 is 0 Å². The van der Waals surface area contributed by atoms with Gasteiger partial charge < -0.3 is 40.3 Å². The van der Waals surface area contributed by atoms with Crippen LogP contribution < -0.4 is 5.32 Å². The van der Waals surface area contributed by atoms with Crippen LogP contribution in [0.25, 0.3) is 0 Å². The first-order chi connectivity index (χ1) is 23.8. The van der Waals surface area contributed by atoms with Crippen LogP contribution in [0.1, 0.15) is 129 Å². The van der Waals surface area contributed by atoms with E-state index in [0.717, 1.165) is 44.9 Å². The lowest BCUT2D eigenvalue weighted by Crippen LogP contribution is -2.60. The lowest BCUT2D eigenvalue weighted by Gasteiger charge is -2.40. The van der Waals surface area contributed by atoms with Gasteiger partial charge in [-0.3, -0.25) is 4.79 Å². The van der Waals surface area contributed by atoms with Crippen LogP contribution in [0.5, 0.6) is 0 Å². The summed E-state index contributed by atoms with van der Waals surface area (Å²) >= 11 is 0. The Hall–Kier alpha value is -2.11. The Bertz CT molecular complexity index is 947. The standard InChI is InChI=1S/C40H69NO8/c1-3-5-7-9-11-13-15-17-19-21-23-25-27-29-34(43)33(32-48-40-39(47)38(46)37(45)35(31-42)49-40)41-36(44)30-28-26-24-22-20-18-16-14-12-10-8-6-4-2/h6,8,12,14,18,20,24,26-27,29,33-35,37-40,42-43,45-47H,3-5,7,9-11,13,15-17,19,21-23,25,28,30-32H2,1-2H3,(H,41,44)/b8-6-,14-12-,20-18-,26-24-,29-27+. The minimum Gasteiger partial charge on any atom is -0.394 e. The molecular weight excluding hydrogens is 622 g/mol. The van der Waals surface area contributed by atoms with Gasteiger partial charge in [0.25, 0.3) is 0 Å². The molecule has 1 rings (SSSR count). The summed E-state index contributed by atoms with van der Waals surface area (Å²) in [6, 6.07) is -0.842. The van der Waals surface area contributed by atoms with Crippen molar-refractivity contribution in [3.8, 4) is 0 Å². The number of aliphatic hydroxyl groups excluding tert-OH is 5. The summed E-state index contributed by atoms with van der Waals surface area (Å²) in [5.41, 5.74) is 0. The van der Waals surface area contributed by atoms with Gasteiger partial charge in [0.15, 0.2) is 6.29 Å². The Morgan fingerprint density at radius 3 is 1.84 bits per heavy atom. The topological polar surface area (TPSA) is 149 Å². The monoisotopic (exact) mass is 692 g/mol. The van der Waals surface area contributed by atoms with Crippen LogP contribution in [0.4, 0.5) is 0 Å². The first-order valence-electron chi connectivity index (χ1n) is 19.0. The Kier molecular flexibility index (Phi) is 28.1. The first-order valence-corrected chi connectivity index (χ1v) is 19.0. The van der Waals surface area contributed by atoms with Crippen molar-refractivity contribution in [2.75, 3.05) is 13.2 Å². The molecule has 1 fully saturated rings. The molecule has 282 valence electrons. The fourth-order valence-corrected chi connectivity index (χ4v) is 5.52. The number of nitrogens with one attached hydrogen (secondary N) is 1. The lowest BCUT2D eigenvalue weighted by molar-refractivity contribution is -0.302. The average Bonchev–Trinajstić information content (AvgIpc) is 3.10.